The summed E-state index contributed by atoms with van der Waals surface area (Å²) in [5, 5.41) is 2.95. The van der Waals surface area contributed by atoms with Crippen LogP contribution in [0.15, 0.2) is 42.5 Å². The Hall–Kier alpha value is -2.10. The van der Waals surface area contributed by atoms with E-state index in [0.717, 1.165) is 5.56 Å². The van der Waals surface area contributed by atoms with E-state index < -0.39 is 0 Å². The average molecular weight is 248 g/mol. The maximum atomic E-state index is 13.4. The third-order valence-electron chi connectivity index (χ3n) is 2.67. The van der Waals surface area contributed by atoms with Crippen LogP contribution in [0, 0.1) is 11.6 Å². The van der Waals surface area contributed by atoms with Crippen molar-refractivity contribution >= 4 is 11.4 Å². The predicted molar refractivity (Wildman–Crippen MR) is 69.4 cm³/mol. The Morgan fingerprint density at radius 3 is 2.39 bits per heavy atom. The normalized spacial score (nSPS) is 10.3. The zero-order chi connectivity index (χ0) is 13.0. The van der Waals surface area contributed by atoms with Crippen LogP contribution < -0.4 is 11.1 Å². The molecule has 0 unspecified atom stereocenters. The Labute approximate surface area is 104 Å². The van der Waals surface area contributed by atoms with Gasteiger partial charge in [0, 0.05) is 6.54 Å². The SMILES string of the molecule is Nc1cccc(F)c1NCCc1ccc(F)cc1. The van der Waals surface area contributed by atoms with Crippen molar-refractivity contribution in [3.05, 3.63) is 59.7 Å². The molecule has 2 rings (SSSR count). The van der Waals surface area contributed by atoms with Crippen molar-refractivity contribution in [1.29, 1.82) is 0 Å². The number of para-hydroxylation sites is 1. The molecule has 0 spiro atoms. The first-order valence-electron chi connectivity index (χ1n) is 5.69. The number of hydrogen-bond donors (Lipinski definition) is 2. The van der Waals surface area contributed by atoms with Gasteiger partial charge in [-0.15, -0.1) is 0 Å². The Kier molecular flexibility index (Phi) is 3.77. The highest BCUT2D eigenvalue weighted by Gasteiger charge is 2.04. The van der Waals surface area contributed by atoms with Gasteiger partial charge in [0.1, 0.15) is 11.6 Å². The van der Waals surface area contributed by atoms with Gasteiger partial charge in [0.2, 0.25) is 0 Å². The van der Waals surface area contributed by atoms with Crippen molar-refractivity contribution in [2.45, 2.75) is 6.42 Å². The van der Waals surface area contributed by atoms with E-state index in [9.17, 15) is 8.78 Å². The van der Waals surface area contributed by atoms with E-state index in [1.807, 2.05) is 0 Å². The van der Waals surface area contributed by atoms with Gasteiger partial charge in [0.05, 0.1) is 11.4 Å². The number of rotatable bonds is 4. The monoisotopic (exact) mass is 248 g/mol. The number of anilines is 2. The molecule has 94 valence electrons. The molecule has 3 N–H and O–H groups in total. The summed E-state index contributed by atoms with van der Waals surface area (Å²) in [6.07, 6.45) is 0.675. The third-order valence-corrected chi connectivity index (χ3v) is 2.67. The van der Waals surface area contributed by atoms with E-state index >= 15 is 0 Å². The molecule has 0 aliphatic heterocycles. The molecular weight excluding hydrogens is 234 g/mol. The summed E-state index contributed by atoms with van der Waals surface area (Å²) < 4.78 is 26.1. The third kappa shape index (κ3) is 2.97. The van der Waals surface area contributed by atoms with Crippen LogP contribution in [0.25, 0.3) is 0 Å². The highest BCUT2D eigenvalue weighted by atomic mass is 19.1. The zero-order valence-corrected chi connectivity index (χ0v) is 9.79. The van der Waals surface area contributed by atoms with Crippen LogP contribution in [0.3, 0.4) is 0 Å². The number of nitrogens with one attached hydrogen (secondary N) is 1. The second kappa shape index (κ2) is 5.49. The van der Waals surface area contributed by atoms with E-state index in [4.69, 9.17) is 5.73 Å². The number of nitrogens with two attached hydrogens (primary N) is 1. The largest absolute Gasteiger partial charge is 0.397 e. The highest BCUT2D eigenvalue weighted by Crippen LogP contribution is 2.21. The van der Waals surface area contributed by atoms with Crippen molar-refractivity contribution in [1.82, 2.24) is 0 Å². The highest BCUT2D eigenvalue weighted by molar-refractivity contribution is 5.66. The van der Waals surface area contributed by atoms with Gasteiger partial charge in [0.25, 0.3) is 0 Å². The van der Waals surface area contributed by atoms with Gasteiger partial charge in [-0.05, 0) is 36.2 Å². The molecule has 0 aliphatic carbocycles. The van der Waals surface area contributed by atoms with Crippen LogP contribution in [-0.2, 0) is 6.42 Å². The molecule has 0 bridgehead atoms. The lowest BCUT2D eigenvalue weighted by Gasteiger charge is -2.10. The molecule has 0 amide bonds. The molecule has 18 heavy (non-hydrogen) atoms. The minimum atomic E-state index is -0.367. The van der Waals surface area contributed by atoms with Gasteiger partial charge in [0.15, 0.2) is 0 Å². The fourth-order valence-electron chi connectivity index (χ4n) is 1.71. The second-order valence-electron chi connectivity index (χ2n) is 4.01. The van der Waals surface area contributed by atoms with Crippen LogP contribution >= 0.6 is 0 Å². The maximum Gasteiger partial charge on any atom is 0.148 e. The van der Waals surface area contributed by atoms with Crippen molar-refractivity contribution in [2.24, 2.45) is 0 Å². The summed E-state index contributed by atoms with van der Waals surface area (Å²) in [7, 11) is 0. The molecule has 0 heterocycles. The van der Waals surface area contributed by atoms with Crippen LogP contribution in [0.4, 0.5) is 20.2 Å². The Bertz CT molecular complexity index is 504. The molecule has 2 aromatic carbocycles. The van der Waals surface area contributed by atoms with Crippen LogP contribution in [0.1, 0.15) is 5.56 Å². The van der Waals surface area contributed by atoms with E-state index in [1.54, 1.807) is 24.3 Å². The molecule has 0 fully saturated rings. The average Bonchev–Trinajstić information content (AvgIpc) is 2.35. The minimum Gasteiger partial charge on any atom is -0.397 e. The second-order valence-corrected chi connectivity index (χ2v) is 4.01. The first-order valence-corrected chi connectivity index (χ1v) is 5.69. The Morgan fingerprint density at radius 1 is 1.00 bits per heavy atom. The molecule has 0 saturated carbocycles. The van der Waals surface area contributed by atoms with Crippen molar-refractivity contribution in [3.63, 3.8) is 0 Å². The lowest BCUT2D eigenvalue weighted by Crippen LogP contribution is -2.08. The molecule has 0 atom stereocenters. The maximum absolute atomic E-state index is 13.4. The van der Waals surface area contributed by atoms with E-state index in [0.29, 0.717) is 24.3 Å². The number of benzene rings is 2. The molecule has 2 nitrogen and oxygen atoms in total. The Balaban J connectivity index is 1.94. The lowest BCUT2D eigenvalue weighted by molar-refractivity contribution is 0.627. The topological polar surface area (TPSA) is 38.0 Å². The van der Waals surface area contributed by atoms with Gasteiger partial charge in [-0.2, -0.15) is 0 Å². The molecule has 4 heteroatoms. The molecular formula is C14H14F2N2. The molecule has 0 saturated heterocycles. The predicted octanol–water partition coefficient (Wildman–Crippen LogP) is 3.20. The summed E-state index contributed by atoms with van der Waals surface area (Å²) in [6, 6.07) is 10.8. The number of halogens is 2. The van der Waals surface area contributed by atoms with Gasteiger partial charge in [-0.1, -0.05) is 18.2 Å². The van der Waals surface area contributed by atoms with Crippen molar-refractivity contribution < 1.29 is 8.78 Å². The smallest absolute Gasteiger partial charge is 0.148 e. The summed E-state index contributed by atoms with van der Waals surface area (Å²) in [5.41, 5.74) is 7.36. The fourth-order valence-corrected chi connectivity index (χ4v) is 1.71. The minimum absolute atomic E-state index is 0.259. The van der Waals surface area contributed by atoms with Crippen LogP contribution in [0.2, 0.25) is 0 Å². The summed E-state index contributed by atoms with van der Waals surface area (Å²) in [6.45, 7) is 0.538. The first-order chi connectivity index (χ1) is 8.66. The number of hydrogen-bond acceptors (Lipinski definition) is 2. The standard InChI is InChI=1S/C14H14F2N2/c15-11-6-4-10(5-7-11)8-9-18-14-12(16)2-1-3-13(14)17/h1-7,18H,8-9,17H2. The molecule has 0 radical (unpaired) electrons. The van der Waals surface area contributed by atoms with Gasteiger partial charge in [-0.25, -0.2) is 8.78 Å². The summed E-state index contributed by atoms with van der Waals surface area (Å²) in [4.78, 5) is 0. The van der Waals surface area contributed by atoms with Gasteiger partial charge in [-0.3, -0.25) is 0 Å². The van der Waals surface area contributed by atoms with Gasteiger partial charge >= 0.3 is 0 Å². The van der Waals surface area contributed by atoms with Gasteiger partial charge < -0.3 is 11.1 Å². The molecule has 2 aromatic rings. The Morgan fingerprint density at radius 2 is 1.72 bits per heavy atom. The van der Waals surface area contributed by atoms with E-state index in [1.165, 1.54) is 18.2 Å². The summed E-state index contributed by atoms with van der Waals surface area (Å²) in [5.74, 6) is -0.626. The fraction of sp³-hybridized carbons (Fsp3) is 0.143. The first kappa shape index (κ1) is 12.4. The summed E-state index contributed by atoms with van der Waals surface area (Å²) >= 11 is 0. The van der Waals surface area contributed by atoms with Crippen LogP contribution in [0.5, 0.6) is 0 Å². The van der Waals surface area contributed by atoms with Crippen LogP contribution in [-0.4, -0.2) is 6.54 Å². The lowest BCUT2D eigenvalue weighted by atomic mass is 10.1. The zero-order valence-electron chi connectivity index (χ0n) is 9.79. The quantitative estimate of drug-likeness (QED) is 0.815. The molecule has 0 aromatic heterocycles. The molecule has 0 aliphatic rings. The van der Waals surface area contributed by atoms with E-state index in [2.05, 4.69) is 5.32 Å². The number of nitrogen functional groups attached to an aromatic ring is 1. The van der Waals surface area contributed by atoms with Crippen molar-refractivity contribution in [2.75, 3.05) is 17.6 Å². The van der Waals surface area contributed by atoms with E-state index in [-0.39, 0.29) is 11.6 Å². The van der Waals surface area contributed by atoms with Crippen molar-refractivity contribution in [3.8, 4) is 0 Å².